The summed E-state index contributed by atoms with van der Waals surface area (Å²) in [4.78, 5) is 17.5. The Kier molecular flexibility index (Phi) is 3.05. The van der Waals surface area contributed by atoms with Gasteiger partial charge >= 0.3 is 5.97 Å². The van der Waals surface area contributed by atoms with Gasteiger partial charge < -0.3 is 10.6 Å². The van der Waals surface area contributed by atoms with E-state index in [0.29, 0.717) is 22.0 Å². The second-order valence-corrected chi connectivity index (χ2v) is 4.43. The van der Waals surface area contributed by atoms with Crippen molar-refractivity contribution in [1.29, 1.82) is 5.26 Å². The third-order valence-corrected chi connectivity index (χ3v) is 3.16. The van der Waals surface area contributed by atoms with E-state index in [9.17, 15) is 10.1 Å². The average molecular weight is 277 g/mol. The summed E-state index contributed by atoms with van der Waals surface area (Å²) in [7, 11) is 0. The van der Waals surface area contributed by atoms with Crippen molar-refractivity contribution in [1.82, 2.24) is 4.73 Å². The van der Waals surface area contributed by atoms with E-state index >= 15 is 0 Å². The Labute approximate surface area is 120 Å². The summed E-state index contributed by atoms with van der Waals surface area (Å²) >= 11 is 0. The van der Waals surface area contributed by atoms with Crippen LogP contribution in [0.2, 0.25) is 0 Å². The minimum Gasteiger partial charge on any atom is -0.381 e. The molecule has 0 saturated carbocycles. The highest BCUT2D eigenvalue weighted by molar-refractivity contribution is 5.94. The summed E-state index contributed by atoms with van der Waals surface area (Å²) in [5.41, 5.74) is 7.20. The average Bonchev–Trinajstić information content (AvgIpc) is 2.80. The molecule has 3 aromatic rings. The first-order valence-corrected chi connectivity index (χ1v) is 6.29. The van der Waals surface area contributed by atoms with Crippen molar-refractivity contribution in [3.8, 4) is 6.07 Å². The fourth-order valence-corrected chi connectivity index (χ4v) is 2.16. The zero-order valence-corrected chi connectivity index (χ0v) is 11.0. The van der Waals surface area contributed by atoms with Crippen molar-refractivity contribution in [2.24, 2.45) is 0 Å². The first kappa shape index (κ1) is 12.8. The van der Waals surface area contributed by atoms with E-state index in [1.807, 2.05) is 12.1 Å². The zero-order valence-electron chi connectivity index (χ0n) is 11.0. The lowest BCUT2D eigenvalue weighted by molar-refractivity contribution is 0.0492. The molecule has 0 unspecified atom stereocenters. The SMILES string of the molecule is N#Cc1c(N)n(OC(=O)c2ccccc2)c2ccccc12. The largest absolute Gasteiger partial charge is 0.381 e. The van der Waals surface area contributed by atoms with Crippen LogP contribution in [0.25, 0.3) is 10.9 Å². The topological polar surface area (TPSA) is 81.0 Å². The molecule has 1 heterocycles. The van der Waals surface area contributed by atoms with Gasteiger partial charge in [0, 0.05) is 5.39 Å². The van der Waals surface area contributed by atoms with E-state index in [4.69, 9.17) is 10.6 Å². The number of fused-ring (bicyclic) bond motifs is 1. The Morgan fingerprint density at radius 2 is 1.76 bits per heavy atom. The van der Waals surface area contributed by atoms with Crippen LogP contribution in [-0.4, -0.2) is 10.7 Å². The lowest BCUT2D eigenvalue weighted by Crippen LogP contribution is -2.21. The smallest absolute Gasteiger partial charge is 0.363 e. The Morgan fingerprint density at radius 1 is 1.10 bits per heavy atom. The van der Waals surface area contributed by atoms with Gasteiger partial charge in [0.1, 0.15) is 11.6 Å². The number of benzene rings is 2. The monoisotopic (exact) mass is 277 g/mol. The maximum atomic E-state index is 12.1. The molecule has 2 N–H and O–H groups in total. The summed E-state index contributed by atoms with van der Waals surface area (Å²) in [5, 5.41) is 9.85. The van der Waals surface area contributed by atoms with Crippen LogP contribution in [-0.2, 0) is 0 Å². The van der Waals surface area contributed by atoms with Crippen LogP contribution < -0.4 is 10.6 Å². The number of anilines is 1. The van der Waals surface area contributed by atoms with Gasteiger partial charge in [0.15, 0.2) is 5.82 Å². The first-order valence-electron chi connectivity index (χ1n) is 6.29. The van der Waals surface area contributed by atoms with Crippen molar-refractivity contribution in [2.45, 2.75) is 0 Å². The molecule has 0 amide bonds. The van der Waals surface area contributed by atoms with E-state index in [-0.39, 0.29) is 5.82 Å². The number of nitrogen functional groups attached to an aromatic ring is 1. The lowest BCUT2D eigenvalue weighted by Gasteiger charge is -2.07. The summed E-state index contributed by atoms with van der Waals surface area (Å²) in [6, 6.07) is 17.7. The highest BCUT2D eigenvalue weighted by atomic mass is 16.7. The maximum absolute atomic E-state index is 12.1. The Balaban J connectivity index is 2.08. The van der Waals surface area contributed by atoms with Crippen LogP contribution in [0, 0.1) is 11.3 Å². The molecule has 0 aliphatic rings. The van der Waals surface area contributed by atoms with Crippen LogP contribution in [0.15, 0.2) is 54.6 Å². The van der Waals surface area contributed by atoms with Crippen molar-refractivity contribution < 1.29 is 9.63 Å². The standard InChI is InChI=1S/C16H11N3O2/c17-10-13-12-8-4-5-9-14(12)19(15(13)18)21-16(20)11-6-2-1-3-7-11/h1-9H,18H2. The molecule has 0 fully saturated rings. The van der Waals surface area contributed by atoms with Gasteiger partial charge in [-0.1, -0.05) is 36.4 Å². The lowest BCUT2D eigenvalue weighted by atomic mass is 10.2. The number of hydrogen-bond donors (Lipinski definition) is 1. The molecule has 2 aromatic carbocycles. The van der Waals surface area contributed by atoms with Crippen molar-refractivity contribution in [2.75, 3.05) is 5.73 Å². The fraction of sp³-hybridized carbons (Fsp3) is 0. The Morgan fingerprint density at radius 3 is 2.48 bits per heavy atom. The van der Waals surface area contributed by atoms with E-state index in [1.54, 1.807) is 48.5 Å². The minimum atomic E-state index is -0.535. The number of nitrogens with zero attached hydrogens (tertiary/aromatic N) is 2. The predicted molar refractivity (Wildman–Crippen MR) is 78.4 cm³/mol. The van der Waals surface area contributed by atoms with Gasteiger partial charge in [-0.05, 0) is 18.2 Å². The number of para-hydroxylation sites is 1. The molecule has 0 saturated heterocycles. The van der Waals surface area contributed by atoms with Gasteiger partial charge in [-0.15, -0.1) is 0 Å². The van der Waals surface area contributed by atoms with E-state index in [2.05, 4.69) is 0 Å². The molecule has 0 aliphatic heterocycles. The second kappa shape index (κ2) is 5.02. The molecule has 3 rings (SSSR count). The third kappa shape index (κ3) is 2.09. The van der Waals surface area contributed by atoms with E-state index < -0.39 is 5.97 Å². The van der Waals surface area contributed by atoms with E-state index in [0.717, 1.165) is 0 Å². The van der Waals surface area contributed by atoms with E-state index in [1.165, 1.54) is 4.73 Å². The highest BCUT2D eigenvalue weighted by Gasteiger charge is 2.18. The molecule has 0 bridgehead atoms. The number of nitriles is 1. The number of nitrogens with two attached hydrogens (primary N) is 1. The number of rotatable bonds is 2. The first-order chi connectivity index (χ1) is 10.2. The molecule has 0 radical (unpaired) electrons. The Hall–Kier alpha value is -3.26. The highest BCUT2D eigenvalue weighted by Crippen LogP contribution is 2.26. The molecule has 5 heteroatoms. The molecule has 0 atom stereocenters. The number of hydrogen-bond acceptors (Lipinski definition) is 4. The van der Waals surface area contributed by atoms with Crippen molar-refractivity contribution in [3.63, 3.8) is 0 Å². The van der Waals surface area contributed by atoms with Crippen LogP contribution in [0.1, 0.15) is 15.9 Å². The zero-order chi connectivity index (χ0) is 14.8. The molecule has 21 heavy (non-hydrogen) atoms. The van der Waals surface area contributed by atoms with Crippen LogP contribution >= 0.6 is 0 Å². The summed E-state index contributed by atoms with van der Waals surface area (Å²) in [5.74, 6) is -0.421. The molecule has 1 aromatic heterocycles. The van der Waals surface area contributed by atoms with Gasteiger partial charge in [0.2, 0.25) is 0 Å². The minimum absolute atomic E-state index is 0.114. The van der Waals surface area contributed by atoms with Gasteiger partial charge in [-0.2, -0.15) is 9.99 Å². The number of carbonyl (C=O) groups is 1. The van der Waals surface area contributed by atoms with Crippen molar-refractivity contribution in [3.05, 3.63) is 65.7 Å². The quantitative estimate of drug-likeness (QED) is 0.779. The summed E-state index contributed by atoms with van der Waals surface area (Å²) < 4.78 is 1.20. The van der Waals surface area contributed by atoms with Crippen LogP contribution in [0.3, 0.4) is 0 Å². The molecule has 0 spiro atoms. The second-order valence-electron chi connectivity index (χ2n) is 4.43. The fourth-order valence-electron chi connectivity index (χ4n) is 2.16. The molecular weight excluding hydrogens is 266 g/mol. The van der Waals surface area contributed by atoms with Gasteiger partial charge in [-0.25, -0.2) is 4.79 Å². The van der Waals surface area contributed by atoms with Gasteiger partial charge in [0.05, 0.1) is 11.1 Å². The van der Waals surface area contributed by atoms with Crippen LogP contribution in [0.5, 0.6) is 0 Å². The molecule has 0 aliphatic carbocycles. The third-order valence-electron chi connectivity index (χ3n) is 3.16. The summed E-state index contributed by atoms with van der Waals surface area (Å²) in [6.45, 7) is 0. The number of carbonyl (C=O) groups excluding carboxylic acids is 1. The Bertz CT molecular complexity index is 860. The summed E-state index contributed by atoms with van der Waals surface area (Å²) in [6.07, 6.45) is 0. The maximum Gasteiger partial charge on any atom is 0.363 e. The predicted octanol–water partition coefficient (Wildman–Crippen LogP) is 2.36. The molecule has 5 nitrogen and oxygen atoms in total. The number of aromatic nitrogens is 1. The van der Waals surface area contributed by atoms with Crippen LogP contribution in [0.4, 0.5) is 5.82 Å². The normalized spacial score (nSPS) is 10.2. The molecule has 102 valence electrons. The van der Waals surface area contributed by atoms with Gasteiger partial charge in [0.25, 0.3) is 0 Å². The molecular formula is C16H11N3O2. The van der Waals surface area contributed by atoms with Gasteiger partial charge in [-0.3, -0.25) is 0 Å². The van der Waals surface area contributed by atoms with Crippen molar-refractivity contribution >= 4 is 22.7 Å².